The maximum Gasteiger partial charge on any atom is 0.408 e. The molecule has 298 valence electrons. The number of fused-ring (bicyclic) bond motifs is 4. The molecule has 3 aliphatic heterocycles. The van der Waals surface area contributed by atoms with Crippen molar-refractivity contribution < 1.29 is 38.7 Å². The number of nitrogens with zero attached hydrogens (tertiary/aromatic N) is 1. The lowest BCUT2D eigenvalue weighted by atomic mass is 9.86. The van der Waals surface area contributed by atoms with E-state index >= 15 is 0 Å². The normalized spacial score (nSPS) is 18.4. The van der Waals surface area contributed by atoms with Crippen LogP contribution in [0.4, 0.5) is 4.79 Å². The lowest BCUT2D eigenvalue weighted by molar-refractivity contribution is -0.0336. The van der Waals surface area contributed by atoms with Gasteiger partial charge in [0.05, 0.1) is 36.4 Å². The number of hydrogen-bond donors (Lipinski definition) is 5. The van der Waals surface area contributed by atoms with Crippen LogP contribution < -0.4 is 20.9 Å². The minimum absolute atomic E-state index is 0.0663. The Labute approximate surface area is 330 Å². The van der Waals surface area contributed by atoms with Crippen LogP contribution in [0.1, 0.15) is 57.6 Å². The average molecular weight is 777 g/mol. The Hall–Kier alpha value is -5.73. The predicted octanol–water partition coefficient (Wildman–Crippen LogP) is 5.22. The predicted molar refractivity (Wildman–Crippen MR) is 213 cm³/mol. The molecule has 8 rings (SSSR count). The summed E-state index contributed by atoms with van der Waals surface area (Å²) in [5, 5.41) is 27.5. The lowest BCUT2D eigenvalue weighted by Gasteiger charge is -2.43. The molecule has 5 aromatic rings. The summed E-state index contributed by atoms with van der Waals surface area (Å²) in [6.45, 7) is 4.43. The van der Waals surface area contributed by atoms with Crippen LogP contribution in [0.3, 0.4) is 0 Å². The number of amides is 1. The molecule has 1 amide bonds. The summed E-state index contributed by atoms with van der Waals surface area (Å²) >= 11 is 0. The molecule has 3 atom stereocenters. The number of H-pyrrole nitrogens is 1. The number of phenols is 1. The Morgan fingerprint density at radius 2 is 1.63 bits per heavy atom. The second-order valence-electron chi connectivity index (χ2n) is 14.3. The van der Waals surface area contributed by atoms with E-state index in [1.807, 2.05) is 66.7 Å². The fraction of sp³-hybridized carbons (Fsp3) is 0.341. The monoisotopic (exact) mass is 776 g/mol. The number of aliphatic hydroxyl groups excluding tert-OH is 1. The number of aromatic amines is 1. The Morgan fingerprint density at radius 3 is 2.40 bits per heavy atom. The highest BCUT2D eigenvalue weighted by Gasteiger charge is 2.37. The van der Waals surface area contributed by atoms with Crippen molar-refractivity contribution in [2.75, 3.05) is 52.5 Å². The number of pyridine rings is 1. The zero-order valence-corrected chi connectivity index (χ0v) is 31.6. The van der Waals surface area contributed by atoms with Crippen molar-refractivity contribution in [1.29, 1.82) is 0 Å². The molecule has 0 saturated carbocycles. The number of para-hydroxylation sites is 1. The molecule has 3 fully saturated rings. The number of aromatic hydroxyl groups is 1. The van der Waals surface area contributed by atoms with Gasteiger partial charge in [0.2, 0.25) is 5.56 Å². The lowest BCUT2D eigenvalue weighted by Crippen LogP contribution is -2.52. The number of piperidine rings is 3. The van der Waals surface area contributed by atoms with E-state index in [-0.39, 0.29) is 49.3 Å². The third-order valence-corrected chi connectivity index (χ3v) is 10.6. The minimum atomic E-state index is -0.875. The summed E-state index contributed by atoms with van der Waals surface area (Å²) < 4.78 is 23.3. The number of phenolic OH excluding ortho intramolecular Hbond substituents is 1. The second-order valence-corrected chi connectivity index (χ2v) is 14.3. The van der Waals surface area contributed by atoms with Crippen molar-refractivity contribution in [2.45, 2.75) is 37.7 Å². The topological polar surface area (TPSA) is 172 Å². The van der Waals surface area contributed by atoms with Crippen LogP contribution in [-0.2, 0) is 20.8 Å². The third kappa shape index (κ3) is 10.2. The van der Waals surface area contributed by atoms with Crippen molar-refractivity contribution in [3.05, 3.63) is 141 Å². The number of rotatable bonds is 17. The van der Waals surface area contributed by atoms with Gasteiger partial charge >= 0.3 is 12.1 Å². The number of carbonyl (C=O) groups excluding carboxylic acids is 2. The van der Waals surface area contributed by atoms with E-state index < -0.39 is 24.2 Å². The number of hydrogen-bond acceptors (Lipinski definition) is 11. The minimum Gasteiger partial charge on any atom is -0.506 e. The largest absolute Gasteiger partial charge is 0.506 e. The molecule has 3 aliphatic rings. The van der Waals surface area contributed by atoms with Crippen LogP contribution in [-0.4, -0.2) is 90.8 Å². The van der Waals surface area contributed by atoms with Gasteiger partial charge in [-0.25, -0.2) is 9.59 Å². The van der Waals surface area contributed by atoms with Gasteiger partial charge in [0.15, 0.2) is 0 Å². The molecule has 57 heavy (non-hydrogen) atoms. The molecule has 0 aliphatic carbocycles. The molecule has 13 nitrogen and oxygen atoms in total. The van der Waals surface area contributed by atoms with E-state index in [9.17, 15) is 24.6 Å². The molecular weight excluding hydrogens is 729 g/mol. The van der Waals surface area contributed by atoms with Crippen LogP contribution in [0.25, 0.3) is 10.9 Å². The molecule has 4 aromatic carbocycles. The van der Waals surface area contributed by atoms with Gasteiger partial charge in [0.25, 0.3) is 0 Å². The van der Waals surface area contributed by atoms with Gasteiger partial charge in [-0.05, 0) is 78.9 Å². The Bertz CT molecular complexity index is 2170. The van der Waals surface area contributed by atoms with Crippen LogP contribution in [0, 0.1) is 5.92 Å². The van der Waals surface area contributed by atoms with Crippen LogP contribution in [0.15, 0.2) is 108 Å². The van der Waals surface area contributed by atoms with E-state index in [4.69, 9.17) is 18.9 Å². The van der Waals surface area contributed by atoms with Crippen LogP contribution >= 0.6 is 0 Å². The molecule has 2 bridgehead atoms. The van der Waals surface area contributed by atoms with E-state index in [0.717, 1.165) is 49.2 Å². The fourth-order valence-corrected chi connectivity index (χ4v) is 7.49. The molecule has 0 radical (unpaired) electrons. The first kappa shape index (κ1) is 39.5. The summed E-state index contributed by atoms with van der Waals surface area (Å²) in [7, 11) is 0. The highest BCUT2D eigenvalue weighted by Crippen LogP contribution is 2.33. The Kier molecular flexibility index (Phi) is 13.1. The molecule has 13 heteroatoms. The number of benzene rings is 4. The first-order valence-corrected chi connectivity index (χ1v) is 19.4. The third-order valence-electron chi connectivity index (χ3n) is 10.6. The number of alkyl carbamates (subject to hydrolysis) is 1. The zero-order chi connectivity index (χ0) is 39.6. The number of ether oxygens (including phenoxy) is 4. The molecule has 1 unspecified atom stereocenters. The van der Waals surface area contributed by atoms with Crippen molar-refractivity contribution >= 4 is 23.0 Å². The first-order valence-electron chi connectivity index (χ1n) is 19.4. The average Bonchev–Trinajstić information content (AvgIpc) is 3.24. The quantitative estimate of drug-likeness (QED) is 0.0620. The van der Waals surface area contributed by atoms with Gasteiger partial charge in [-0.3, -0.25) is 9.69 Å². The molecule has 4 heterocycles. The number of esters is 1. The molecular formula is C44H48N4O9. The second kappa shape index (κ2) is 18.9. The number of carbonyl (C=O) groups is 2. The summed E-state index contributed by atoms with van der Waals surface area (Å²) in [6.07, 6.45) is 0.677. The molecule has 5 N–H and O–H groups in total. The van der Waals surface area contributed by atoms with Crippen molar-refractivity contribution in [3.63, 3.8) is 0 Å². The summed E-state index contributed by atoms with van der Waals surface area (Å²) in [4.78, 5) is 42.6. The maximum atomic E-state index is 13.3. The SMILES string of the molecule is O=C(NC(c1ccccc1)c1ccccc1OCc1ccc(C(=O)OCCOCCNC[C@H](O)c2ccc(O)c3[nH]c(=O)ccc23)cc1)O[C@H]1CN2CCC1CC2. The Balaban J connectivity index is 0.845. The number of aromatic nitrogens is 1. The maximum absolute atomic E-state index is 13.3. The molecule has 1 aromatic heterocycles. The van der Waals surface area contributed by atoms with E-state index in [0.29, 0.717) is 41.3 Å². The molecule has 0 spiro atoms. The highest BCUT2D eigenvalue weighted by molar-refractivity contribution is 5.89. The van der Waals surface area contributed by atoms with Crippen molar-refractivity contribution in [1.82, 2.24) is 20.5 Å². The van der Waals surface area contributed by atoms with Gasteiger partial charge in [-0.1, -0.05) is 66.7 Å². The van der Waals surface area contributed by atoms with Crippen LogP contribution in [0.2, 0.25) is 0 Å². The highest BCUT2D eigenvalue weighted by atomic mass is 16.6. The van der Waals surface area contributed by atoms with Gasteiger partial charge in [-0.15, -0.1) is 0 Å². The van der Waals surface area contributed by atoms with E-state index in [1.165, 1.54) is 12.1 Å². The number of aliphatic hydroxyl groups is 1. The van der Waals surface area contributed by atoms with Crippen LogP contribution in [0.5, 0.6) is 11.5 Å². The fourth-order valence-electron chi connectivity index (χ4n) is 7.49. The van der Waals surface area contributed by atoms with Crippen molar-refractivity contribution in [2.24, 2.45) is 5.92 Å². The van der Waals surface area contributed by atoms with Crippen molar-refractivity contribution in [3.8, 4) is 11.5 Å². The summed E-state index contributed by atoms with van der Waals surface area (Å²) in [5.41, 5.74) is 3.46. The van der Waals surface area contributed by atoms with E-state index in [1.54, 1.807) is 24.3 Å². The standard InChI is InChI=1S/C44H48N4O9/c49-36-16-14-33(34-15-17-40(51)46-42(34)36)37(50)26-45-20-23-54-24-25-55-43(52)32-12-10-29(11-13-32)28-56-38-9-5-4-8-35(38)41(31-6-2-1-3-7-31)47-44(53)57-39-27-48-21-18-30(39)19-22-48/h1-17,30,37,39,41,45,49-50H,18-28H2,(H,46,51)(H,47,53)/t37-,39-,41?/m0/s1. The molecule has 3 saturated heterocycles. The van der Waals surface area contributed by atoms with Gasteiger partial charge < -0.3 is 44.8 Å². The summed E-state index contributed by atoms with van der Waals surface area (Å²) in [6, 6.07) is 29.9. The smallest absolute Gasteiger partial charge is 0.408 e. The Morgan fingerprint density at radius 1 is 0.860 bits per heavy atom. The summed E-state index contributed by atoms with van der Waals surface area (Å²) in [5.74, 6) is 0.485. The van der Waals surface area contributed by atoms with Gasteiger partial charge in [-0.2, -0.15) is 0 Å². The van der Waals surface area contributed by atoms with E-state index in [2.05, 4.69) is 20.5 Å². The number of nitrogens with one attached hydrogen (secondary N) is 3. The van der Waals surface area contributed by atoms with Gasteiger partial charge in [0, 0.05) is 36.7 Å². The first-order chi connectivity index (χ1) is 27.8. The zero-order valence-electron chi connectivity index (χ0n) is 31.6. The van der Waals surface area contributed by atoms with Gasteiger partial charge in [0.1, 0.15) is 30.8 Å².